The zero-order valence-electron chi connectivity index (χ0n) is 24.0. The molecule has 222 valence electrons. The third-order valence-corrected chi connectivity index (χ3v) is 7.54. The van der Waals surface area contributed by atoms with E-state index >= 15 is 0 Å². The first-order valence-corrected chi connectivity index (χ1v) is 14.6. The number of ether oxygens (including phenoxy) is 2. The summed E-state index contributed by atoms with van der Waals surface area (Å²) in [5, 5.41) is 6.45. The molecular formula is C32H37ClN4O5. The molecule has 0 bridgehead atoms. The number of carbonyl (C=O) groups excluding carboxylic acids is 3. The van der Waals surface area contributed by atoms with Crippen LogP contribution in [0.2, 0.25) is 5.02 Å². The number of halogens is 1. The lowest BCUT2D eigenvalue weighted by molar-refractivity contribution is -0.127. The maximum Gasteiger partial charge on any atom is 0.248 e. The van der Waals surface area contributed by atoms with Crippen LogP contribution < -0.4 is 25.0 Å². The molecule has 0 radical (unpaired) electrons. The molecule has 0 spiro atoms. The van der Waals surface area contributed by atoms with Crippen molar-refractivity contribution in [2.45, 2.75) is 63.5 Å². The second-order valence-corrected chi connectivity index (χ2v) is 10.7. The molecule has 2 aromatic carbocycles. The molecule has 1 unspecified atom stereocenters. The van der Waals surface area contributed by atoms with Gasteiger partial charge in [-0.3, -0.25) is 19.3 Å². The average molecular weight is 593 g/mol. The van der Waals surface area contributed by atoms with Crippen LogP contribution >= 0.6 is 11.6 Å². The highest BCUT2D eigenvalue weighted by molar-refractivity contribution is 6.30. The van der Waals surface area contributed by atoms with Gasteiger partial charge >= 0.3 is 0 Å². The van der Waals surface area contributed by atoms with Crippen molar-refractivity contribution < 1.29 is 23.9 Å². The number of benzene rings is 2. The molecule has 1 heterocycles. The third-order valence-electron chi connectivity index (χ3n) is 7.29. The number of hydrogen-bond acceptors (Lipinski definition) is 6. The summed E-state index contributed by atoms with van der Waals surface area (Å²) in [6.45, 7) is 0. The molecule has 1 fully saturated rings. The number of rotatable bonds is 12. The lowest BCUT2D eigenvalue weighted by atomic mass is 9.94. The van der Waals surface area contributed by atoms with Gasteiger partial charge in [-0.1, -0.05) is 49.1 Å². The van der Waals surface area contributed by atoms with E-state index in [1.165, 1.54) is 12.0 Å². The highest BCUT2D eigenvalue weighted by Crippen LogP contribution is 2.38. The largest absolute Gasteiger partial charge is 0.497 e. The smallest absolute Gasteiger partial charge is 0.248 e. The van der Waals surface area contributed by atoms with Crippen molar-refractivity contribution in [2.24, 2.45) is 0 Å². The van der Waals surface area contributed by atoms with Crippen LogP contribution in [0.3, 0.4) is 0 Å². The van der Waals surface area contributed by atoms with Crippen molar-refractivity contribution in [3.63, 3.8) is 0 Å². The van der Waals surface area contributed by atoms with E-state index in [9.17, 15) is 14.4 Å². The Kier molecular flexibility index (Phi) is 11.2. The standard InChI is InChI=1S/C32H37ClN4O5/c1-41-25-18-19-26(27(21-25)42-2)37(30(39)13-8-12-29(38)36-28-11-6-7-20-34-28)31(22-14-16-23(33)17-15-22)32(40)35-24-9-4-3-5-10-24/h6-7,11,14-21,24,31H,3-5,8-10,12-13H2,1-2H3,(H,35,40)(H,34,36,38). The second-order valence-electron chi connectivity index (χ2n) is 10.2. The molecule has 1 aliphatic rings. The van der Waals surface area contributed by atoms with Crippen LogP contribution in [0.25, 0.3) is 0 Å². The van der Waals surface area contributed by atoms with Gasteiger partial charge in [0.25, 0.3) is 0 Å². The van der Waals surface area contributed by atoms with Crippen molar-refractivity contribution in [1.29, 1.82) is 0 Å². The molecule has 1 atom stereocenters. The van der Waals surface area contributed by atoms with E-state index in [4.69, 9.17) is 21.1 Å². The zero-order chi connectivity index (χ0) is 29.9. The summed E-state index contributed by atoms with van der Waals surface area (Å²) in [6, 6.07) is 16.3. The van der Waals surface area contributed by atoms with Gasteiger partial charge in [0.2, 0.25) is 17.7 Å². The van der Waals surface area contributed by atoms with Gasteiger partial charge < -0.3 is 20.1 Å². The van der Waals surface area contributed by atoms with Gasteiger partial charge in [-0.25, -0.2) is 4.98 Å². The zero-order valence-corrected chi connectivity index (χ0v) is 24.7. The van der Waals surface area contributed by atoms with Crippen LogP contribution in [0.4, 0.5) is 11.5 Å². The molecule has 1 aromatic heterocycles. The number of anilines is 2. The molecule has 10 heteroatoms. The van der Waals surface area contributed by atoms with Crippen LogP contribution in [0.15, 0.2) is 66.9 Å². The maximum atomic E-state index is 14.1. The highest BCUT2D eigenvalue weighted by Gasteiger charge is 2.35. The molecule has 3 amide bonds. The molecule has 2 N–H and O–H groups in total. The summed E-state index contributed by atoms with van der Waals surface area (Å²) in [5.41, 5.74) is 1.02. The molecule has 3 aromatic rings. The topological polar surface area (TPSA) is 110 Å². The van der Waals surface area contributed by atoms with Crippen molar-refractivity contribution >= 4 is 40.8 Å². The molecule has 0 saturated heterocycles. The number of hydrogen-bond donors (Lipinski definition) is 2. The number of methoxy groups -OCH3 is 2. The summed E-state index contributed by atoms with van der Waals surface area (Å²) in [5.74, 6) is 0.495. The Morgan fingerprint density at radius 2 is 1.74 bits per heavy atom. The van der Waals surface area contributed by atoms with Gasteiger partial charge in [-0.15, -0.1) is 0 Å². The number of aromatic nitrogens is 1. The fourth-order valence-electron chi connectivity index (χ4n) is 5.15. The molecule has 4 rings (SSSR count). The lowest BCUT2D eigenvalue weighted by Crippen LogP contribution is -2.47. The normalized spacial score (nSPS) is 14.0. The Labute approximate surface area is 251 Å². The highest BCUT2D eigenvalue weighted by atomic mass is 35.5. The van der Waals surface area contributed by atoms with E-state index in [1.807, 2.05) is 0 Å². The molecule has 1 aliphatic carbocycles. The fraction of sp³-hybridized carbons (Fsp3) is 0.375. The van der Waals surface area contributed by atoms with E-state index in [0.717, 1.165) is 32.1 Å². The molecule has 0 aliphatic heterocycles. The first-order chi connectivity index (χ1) is 20.4. The van der Waals surface area contributed by atoms with Crippen LogP contribution in [0.5, 0.6) is 11.5 Å². The Morgan fingerprint density at radius 1 is 0.976 bits per heavy atom. The van der Waals surface area contributed by atoms with Gasteiger partial charge in [0.05, 0.1) is 19.9 Å². The van der Waals surface area contributed by atoms with Crippen LogP contribution in [0, 0.1) is 0 Å². The molecule has 42 heavy (non-hydrogen) atoms. The number of nitrogens with one attached hydrogen (secondary N) is 2. The Morgan fingerprint density at radius 3 is 2.40 bits per heavy atom. The van der Waals surface area contributed by atoms with Crippen molar-refractivity contribution in [3.8, 4) is 11.5 Å². The lowest BCUT2D eigenvalue weighted by Gasteiger charge is -2.34. The third kappa shape index (κ3) is 8.22. The van der Waals surface area contributed by atoms with E-state index in [1.54, 1.807) is 74.0 Å². The average Bonchev–Trinajstić information content (AvgIpc) is 3.01. The first kappa shape index (κ1) is 30.8. The van der Waals surface area contributed by atoms with Crippen molar-refractivity contribution in [2.75, 3.05) is 24.4 Å². The van der Waals surface area contributed by atoms with Crippen LogP contribution in [0.1, 0.15) is 63.0 Å². The minimum Gasteiger partial charge on any atom is -0.497 e. The van der Waals surface area contributed by atoms with Gasteiger partial charge in [0.1, 0.15) is 23.4 Å². The monoisotopic (exact) mass is 592 g/mol. The first-order valence-electron chi connectivity index (χ1n) is 14.2. The van der Waals surface area contributed by atoms with Gasteiger partial charge in [0, 0.05) is 36.2 Å². The van der Waals surface area contributed by atoms with Crippen molar-refractivity contribution in [3.05, 3.63) is 77.4 Å². The summed E-state index contributed by atoms with van der Waals surface area (Å²) in [7, 11) is 3.05. The second kappa shape index (κ2) is 15.2. The number of carbonyl (C=O) groups is 3. The Balaban J connectivity index is 1.65. The fourth-order valence-corrected chi connectivity index (χ4v) is 5.28. The molecule has 1 saturated carbocycles. The quantitative estimate of drug-likeness (QED) is 0.264. The molecule has 9 nitrogen and oxygen atoms in total. The number of nitrogens with zero attached hydrogens (tertiary/aromatic N) is 2. The van der Waals surface area contributed by atoms with E-state index in [-0.39, 0.29) is 43.0 Å². The predicted octanol–water partition coefficient (Wildman–Crippen LogP) is 6.08. The predicted molar refractivity (Wildman–Crippen MR) is 163 cm³/mol. The van der Waals surface area contributed by atoms with Crippen LogP contribution in [-0.2, 0) is 14.4 Å². The maximum absolute atomic E-state index is 14.1. The minimum absolute atomic E-state index is 0.0195. The van der Waals surface area contributed by atoms with Gasteiger partial charge in [0.15, 0.2) is 0 Å². The SMILES string of the molecule is COc1ccc(N(C(=O)CCCC(=O)Nc2ccccn2)C(C(=O)NC2CCCCC2)c2ccc(Cl)cc2)c(OC)c1. The summed E-state index contributed by atoms with van der Waals surface area (Å²) in [4.78, 5) is 46.2. The minimum atomic E-state index is -0.999. The van der Waals surface area contributed by atoms with E-state index in [2.05, 4.69) is 15.6 Å². The summed E-state index contributed by atoms with van der Waals surface area (Å²) in [6.07, 6.45) is 7.02. The number of amides is 3. The summed E-state index contributed by atoms with van der Waals surface area (Å²) >= 11 is 6.19. The van der Waals surface area contributed by atoms with Gasteiger partial charge in [-0.2, -0.15) is 0 Å². The van der Waals surface area contributed by atoms with E-state index < -0.39 is 6.04 Å². The van der Waals surface area contributed by atoms with Crippen LogP contribution in [-0.4, -0.2) is 43.0 Å². The van der Waals surface area contributed by atoms with E-state index in [0.29, 0.717) is 33.6 Å². The van der Waals surface area contributed by atoms with Crippen molar-refractivity contribution in [1.82, 2.24) is 10.3 Å². The number of pyridine rings is 1. The van der Waals surface area contributed by atoms with Gasteiger partial charge in [-0.05, 0) is 61.2 Å². The Bertz CT molecular complexity index is 1350. The Hall–Kier alpha value is -4.11. The summed E-state index contributed by atoms with van der Waals surface area (Å²) < 4.78 is 11.0. The molecular weight excluding hydrogens is 556 g/mol.